The smallest absolute Gasteiger partial charge is 0.251 e. The summed E-state index contributed by atoms with van der Waals surface area (Å²) in [4.78, 5) is 17.1. The van der Waals surface area contributed by atoms with Gasteiger partial charge in [-0.1, -0.05) is 48.5 Å². The van der Waals surface area contributed by atoms with Crippen molar-refractivity contribution in [2.75, 3.05) is 5.32 Å². The molecular formula is C22H20N4O. The molecule has 0 aliphatic carbocycles. The van der Waals surface area contributed by atoms with Crippen LogP contribution in [0.4, 0.5) is 11.6 Å². The van der Waals surface area contributed by atoms with Gasteiger partial charge in [-0.15, -0.1) is 0 Å². The Bertz CT molecular complexity index is 1090. The van der Waals surface area contributed by atoms with Crippen molar-refractivity contribution in [3.05, 3.63) is 90.0 Å². The number of imidazole rings is 1. The van der Waals surface area contributed by atoms with E-state index in [-0.39, 0.29) is 5.91 Å². The van der Waals surface area contributed by atoms with Gasteiger partial charge in [0.15, 0.2) is 0 Å². The van der Waals surface area contributed by atoms with Gasteiger partial charge in [-0.05, 0) is 35.9 Å². The Morgan fingerprint density at radius 1 is 0.963 bits per heavy atom. The number of para-hydroxylation sites is 2. The molecule has 5 nitrogen and oxygen atoms in total. The quantitative estimate of drug-likeness (QED) is 0.562. The van der Waals surface area contributed by atoms with Crippen LogP contribution in [-0.2, 0) is 13.6 Å². The van der Waals surface area contributed by atoms with Gasteiger partial charge in [0.1, 0.15) is 0 Å². The van der Waals surface area contributed by atoms with Gasteiger partial charge in [0.25, 0.3) is 5.91 Å². The van der Waals surface area contributed by atoms with Gasteiger partial charge in [0.2, 0.25) is 5.95 Å². The number of nitrogens with zero attached hydrogens (tertiary/aromatic N) is 2. The molecule has 2 N–H and O–H groups in total. The highest BCUT2D eigenvalue weighted by Crippen LogP contribution is 2.22. The second-order valence-electron chi connectivity index (χ2n) is 6.36. The third-order valence-corrected chi connectivity index (χ3v) is 4.46. The maximum atomic E-state index is 12.5. The first-order valence-corrected chi connectivity index (χ1v) is 8.81. The summed E-state index contributed by atoms with van der Waals surface area (Å²) in [6.07, 6.45) is 0. The minimum absolute atomic E-state index is 0.104. The summed E-state index contributed by atoms with van der Waals surface area (Å²) in [6.45, 7) is 0.502. The fourth-order valence-corrected chi connectivity index (χ4v) is 3.00. The molecule has 4 aromatic rings. The van der Waals surface area contributed by atoms with Gasteiger partial charge in [-0.25, -0.2) is 4.98 Å². The first kappa shape index (κ1) is 16.8. The van der Waals surface area contributed by atoms with Gasteiger partial charge >= 0.3 is 0 Å². The molecule has 134 valence electrons. The van der Waals surface area contributed by atoms with Crippen LogP contribution < -0.4 is 10.6 Å². The molecular weight excluding hydrogens is 336 g/mol. The Balaban J connectivity index is 1.50. The van der Waals surface area contributed by atoms with E-state index in [4.69, 9.17) is 0 Å². The van der Waals surface area contributed by atoms with Gasteiger partial charge in [0, 0.05) is 24.8 Å². The highest BCUT2D eigenvalue weighted by molar-refractivity contribution is 5.95. The van der Waals surface area contributed by atoms with E-state index in [1.165, 1.54) is 0 Å². The Hall–Kier alpha value is -3.60. The van der Waals surface area contributed by atoms with Crippen LogP contribution in [0.2, 0.25) is 0 Å². The number of rotatable bonds is 5. The van der Waals surface area contributed by atoms with E-state index in [1.54, 1.807) is 6.07 Å². The molecule has 0 radical (unpaired) electrons. The summed E-state index contributed by atoms with van der Waals surface area (Å²) >= 11 is 0. The fraction of sp³-hybridized carbons (Fsp3) is 0.0909. The van der Waals surface area contributed by atoms with E-state index in [0.29, 0.717) is 12.1 Å². The molecule has 1 heterocycles. The van der Waals surface area contributed by atoms with E-state index in [0.717, 1.165) is 28.2 Å². The molecule has 0 bridgehead atoms. The summed E-state index contributed by atoms with van der Waals surface area (Å²) in [5.74, 6) is 0.630. The van der Waals surface area contributed by atoms with Crippen molar-refractivity contribution >= 4 is 28.6 Å². The Labute approximate surface area is 157 Å². The molecule has 0 unspecified atom stereocenters. The molecule has 1 amide bonds. The summed E-state index contributed by atoms with van der Waals surface area (Å²) < 4.78 is 2.00. The Morgan fingerprint density at radius 3 is 2.56 bits per heavy atom. The van der Waals surface area contributed by atoms with Gasteiger partial charge in [-0.3, -0.25) is 4.79 Å². The highest BCUT2D eigenvalue weighted by Gasteiger charge is 2.09. The van der Waals surface area contributed by atoms with Gasteiger partial charge in [-0.2, -0.15) is 0 Å². The zero-order chi connectivity index (χ0) is 18.6. The van der Waals surface area contributed by atoms with Crippen molar-refractivity contribution in [3.63, 3.8) is 0 Å². The number of fused-ring (bicyclic) bond motifs is 1. The molecule has 4 rings (SSSR count). The van der Waals surface area contributed by atoms with Crippen LogP contribution in [0.25, 0.3) is 11.0 Å². The van der Waals surface area contributed by atoms with Crippen LogP contribution in [0.15, 0.2) is 78.9 Å². The van der Waals surface area contributed by atoms with E-state index in [9.17, 15) is 4.79 Å². The summed E-state index contributed by atoms with van der Waals surface area (Å²) in [7, 11) is 1.97. The molecule has 27 heavy (non-hydrogen) atoms. The van der Waals surface area contributed by atoms with E-state index >= 15 is 0 Å². The van der Waals surface area contributed by atoms with Crippen molar-refractivity contribution in [2.45, 2.75) is 6.54 Å². The van der Waals surface area contributed by atoms with E-state index in [2.05, 4.69) is 15.6 Å². The van der Waals surface area contributed by atoms with Crippen molar-refractivity contribution < 1.29 is 4.79 Å². The number of aromatic nitrogens is 2. The average molecular weight is 356 g/mol. The lowest BCUT2D eigenvalue weighted by Gasteiger charge is -2.09. The molecule has 0 atom stereocenters. The number of carbonyl (C=O) groups excluding carboxylic acids is 1. The third-order valence-electron chi connectivity index (χ3n) is 4.46. The standard InChI is InChI=1S/C22H20N4O/c1-26-20-13-6-5-12-19(20)25-22(26)24-18-11-7-10-17(14-18)21(27)23-15-16-8-3-2-4-9-16/h2-14H,15H2,1H3,(H,23,27)(H,24,25). The highest BCUT2D eigenvalue weighted by atomic mass is 16.1. The number of amides is 1. The third kappa shape index (κ3) is 3.67. The Kier molecular flexibility index (Phi) is 4.58. The Morgan fingerprint density at radius 2 is 1.74 bits per heavy atom. The largest absolute Gasteiger partial charge is 0.348 e. The molecule has 5 heteroatoms. The van der Waals surface area contributed by atoms with Gasteiger partial charge in [0.05, 0.1) is 11.0 Å². The van der Waals surface area contributed by atoms with Crippen molar-refractivity contribution in [1.29, 1.82) is 0 Å². The van der Waals surface area contributed by atoms with Gasteiger partial charge < -0.3 is 15.2 Å². The SMILES string of the molecule is Cn1c(Nc2cccc(C(=O)NCc3ccccc3)c2)nc2ccccc21. The number of aryl methyl sites for hydroxylation is 1. The number of benzene rings is 3. The monoisotopic (exact) mass is 356 g/mol. The van der Waals surface area contributed by atoms with E-state index < -0.39 is 0 Å². The summed E-state index contributed by atoms with van der Waals surface area (Å²) in [5.41, 5.74) is 4.48. The van der Waals surface area contributed by atoms with Crippen LogP contribution in [-0.4, -0.2) is 15.5 Å². The lowest BCUT2D eigenvalue weighted by Crippen LogP contribution is -2.22. The normalized spacial score (nSPS) is 10.7. The van der Waals surface area contributed by atoms with Crippen molar-refractivity contribution in [2.24, 2.45) is 7.05 Å². The maximum absolute atomic E-state index is 12.5. The van der Waals surface area contributed by atoms with Crippen molar-refractivity contribution in [3.8, 4) is 0 Å². The van der Waals surface area contributed by atoms with Crippen LogP contribution >= 0.6 is 0 Å². The molecule has 0 spiro atoms. The van der Waals surface area contributed by atoms with E-state index in [1.807, 2.05) is 84.4 Å². The molecule has 0 saturated carbocycles. The lowest BCUT2D eigenvalue weighted by molar-refractivity contribution is 0.0951. The number of anilines is 2. The minimum Gasteiger partial charge on any atom is -0.348 e. The van der Waals surface area contributed by atoms with Crippen LogP contribution in [0, 0.1) is 0 Å². The van der Waals surface area contributed by atoms with Crippen LogP contribution in [0.5, 0.6) is 0 Å². The first-order valence-electron chi connectivity index (χ1n) is 8.81. The molecule has 0 aliphatic heterocycles. The van der Waals surface area contributed by atoms with Crippen molar-refractivity contribution in [1.82, 2.24) is 14.9 Å². The molecule has 1 aromatic heterocycles. The topological polar surface area (TPSA) is 59.0 Å². The average Bonchev–Trinajstić information content (AvgIpc) is 3.03. The number of carbonyl (C=O) groups is 1. The molecule has 0 saturated heterocycles. The lowest BCUT2D eigenvalue weighted by atomic mass is 10.1. The summed E-state index contributed by atoms with van der Waals surface area (Å²) in [6, 6.07) is 25.3. The minimum atomic E-state index is -0.104. The number of nitrogens with one attached hydrogen (secondary N) is 2. The predicted octanol–water partition coefficient (Wildman–Crippen LogP) is 4.25. The number of hydrogen-bond acceptors (Lipinski definition) is 3. The molecule has 0 aliphatic rings. The fourth-order valence-electron chi connectivity index (χ4n) is 3.00. The zero-order valence-corrected chi connectivity index (χ0v) is 15.0. The van der Waals surface area contributed by atoms with Crippen LogP contribution in [0.1, 0.15) is 15.9 Å². The second-order valence-corrected chi connectivity index (χ2v) is 6.36. The second kappa shape index (κ2) is 7.33. The molecule has 0 fully saturated rings. The molecule has 3 aromatic carbocycles. The maximum Gasteiger partial charge on any atom is 0.251 e. The first-order chi connectivity index (χ1) is 13.2. The number of hydrogen-bond donors (Lipinski definition) is 2. The zero-order valence-electron chi connectivity index (χ0n) is 15.0. The summed E-state index contributed by atoms with van der Waals surface area (Å²) in [5, 5.41) is 6.25. The van der Waals surface area contributed by atoms with Crippen LogP contribution in [0.3, 0.4) is 0 Å². The predicted molar refractivity (Wildman–Crippen MR) is 108 cm³/mol.